The molecular weight excluding hydrogens is 298 g/mol. The topological polar surface area (TPSA) is 49.6 Å². The average Bonchev–Trinajstić information content (AvgIpc) is 2.77. The lowest BCUT2D eigenvalue weighted by atomic mass is 10.1. The molecule has 0 saturated carbocycles. The van der Waals surface area contributed by atoms with Crippen molar-refractivity contribution in [1.29, 1.82) is 0 Å². The monoisotopic (exact) mass is 323 g/mol. The third-order valence-corrected chi connectivity index (χ3v) is 4.64. The van der Waals surface area contributed by atoms with Crippen LogP contribution in [-0.4, -0.2) is 48.9 Å². The van der Waals surface area contributed by atoms with E-state index < -0.39 is 0 Å². The summed E-state index contributed by atoms with van der Waals surface area (Å²) < 4.78 is 0. The van der Waals surface area contributed by atoms with E-state index in [0.717, 1.165) is 31.7 Å². The summed E-state index contributed by atoms with van der Waals surface area (Å²) in [5.41, 5.74) is 7.22. The smallest absolute Gasteiger partial charge is 0.226 e. The number of nitrogen functional groups attached to an aromatic ring is 1. The molecule has 0 bridgehead atoms. The molecule has 1 aliphatic heterocycles. The van der Waals surface area contributed by atoms with Crippen LogP contribution in [0.2, 0.25) is 5.02 Å². The van der Waals surface area contributed by atoms with Gasteiger partial charge in [0.2, 0.25) is 5.91 Å². The number of nitrogens with zero attached hydrogens (tertiary/aromatic N) is 2. The zero-order valence-electron chi connectivity index (χ0n) is 13.4. The van der Waals surface area contributed by atoms with Crippen LogP contribution in [0.1, 0.15) is 31.2 Å². The fourth-order valence-electron chi connectivity index (χ4n) is 2.79. The summed E-state index contributed by atoms with van der Waals surface area (Å²) in [5.74, 6) is 0.122. The van der Waals surface area contributed by atoms with Crippen LogP contribution in [0.4, 0.5) is 5.69 Å². The average molecular weight is 324 g/mol. The van der Waals surface area contributed by atoms with Gasteiger partial charge < -0.3 is 15.5 Å². The molecule has 1 aromatic carbocycles. The van der Waals surface area contributed by atoms with Crippen LogP contribution < -0.4 is 5.73 Å². The quantitative estimate of drug-likeness (QED) is 0.848. The van der Waals surface area contributed by atoms with Crippen molar-refractivity contribution in [1.82, 2.24) is 9.80 Å². The van der Waals surface area contributed by atoms with E-state index >= 15 is 0 Å². The van der Waals surface area contributed by atoms with Crippen LogP contribution in [0.15, 0.2) is 18.2 Å². The Kier molecular flexibility index (Phi) is 6.52. The summed E-state index contributed by atoms with van der Waals surface area (Å²) >= 11 is 5.90. The lowest BCUT2D eigenvalue weighted by Crippen LogP contribution is -2.37. The van der Waals surface area contributed by atoms with Gasteiger partial charge in [0.05, 0.1) is 17.1 Å². The van der Waals surface area contributed by atoms with Gasteiger partial charge in [-0.3, -0.25) is 4.79 Å². The molecule has 0 atom stereocenters. The number of carbonyl (C=O) groups is 1. The van der Waals surface area contributed by atoms with Crippen LogP contribution in [0.3, 0.4) is 0 Å². The SMILES string of the molecule is CN(CCN1CCCCCC1)C(=O)Cc1ccc(Cl)c(N)c1. The number of nitrogens with two attached hydrogens (primary N) is 1. The number of hydrogen-bond donors (Lipinski definition) is 1. The molecule has 0 radical (unpaired) electrons. The Morgan fingerprint density at radius 2 is 1.95 bits per heavy atom. The first kappa shape index (κ1) is 17.1. The van der Waals surface area contributed by atoms with Gasteiger partial charge in [0.25, 0.3) is 0 Å². The molecule has 0 spiro atoms. The summed E-state index contributed by atoms with van der Waals surface area (Å²) in [4.78, 5) is 16.6. The van der Waals surface area contributed by atoms with Gasteiger partial charge in [-0.1, -0.05) is 30.5 Å². The Morgan fingerprint density at radius 1 is 1.27 bits per heavy atom. The fraction of sp³-hybridized carbons (Fsp3) is 0.588. The minimum atomic E-state index is 0.122. The number of likely N-dealkylation sites (tertiary alicyclic amines) is 1. The van der Waals surface area contributed by atoms with Crippen molar-refractivity contribution < 1.29 is 4.79 Å². The number of benzene rings is 1. The third-order valence-electron chi connectivity index (χ3n) is 4.29. The fourth-order valence-corrected chi connectivity index (χ4v) is 2.91. The van der Waals surface area contributed by atoms with E-state index in [0.29, 0.717) is 17.1 Å². The molecule has 1 saturated heterocycles. The molecule has 0 aromatic heterocycles. The Morgan fingerprint density at radius 3 is 2.59 bits per heavy atom. The van der Waals surface area contributed by atoms with Gasteiger partial charge in [0.15, 0.2) is 0 Å². The molecule has 1 amide bonds. The van der Waals surface area contributed by atoms with Gasteiger partial charge in [0.1, 0.15) is 0 Å². The van der Waals surface area contributed by atoms with E-state index in [4.69, 9.17) is 17.3 Å². The molecule has 2 N–H and O–H groups in total. The molecule has 22 heavy (non-hydrogen) atoms. The maximum atomic E-state index is 12.3. The molecule has 5 heteroatoms. The van der Waals surface area contributed by atoms with Crippen molar-refractivity contribution in [2.75, 3.05) is 39.0 Å². The first-order valence-corrected chi connectivity index (χ1v) is 8.44. The highest BCUT2D eigenvalue weighted by atomic mass is 35.5. The number of likely N-dealkylation sites (N-methyl/N-ethyl adjacent to an activating group) is 1. The number of rotatable bonds is 5. The van der Waals surface area contributed by atoms with Crippen molar-refractivity contribution in [3.63, 3.8) is 0 Å². The molecule has 1 aliphatic rings. The van der Waals surface area contributed by atoms with E-state index in [1.165, 1.54) is 25.7 Å². The Balaban J connectivity index is 1.79. The van der Waals surface area contributed by atoms with Crippen molar-refractivity contribution >= 4 is 23.2 Å². The van der Waals surface area contributed by atoms with Gasteiger partial charge in [-0.2, -0.15) is 0 Å². The molecule has 2 rings (SSSR count). The molecule has 122 valence electrons. The molecule has 4 nitrogen and oxygen atoms in total. The standard InChI is InChI=1S/C17H26ClN3O/c1-20(10-11-21-8-4-2-3-5-9-21)17(22)13-14-6-7-15(18)16(19)12-14/h6-7,12H,2-5,8-11,13,19H2,1H3. The van der Waals surface area contributed by atoms with Gasteiger partial charge >= 0.3 is 0 Å². The number of halogens is 1. The molecule has 1 heterocycles. The normalized spacial score (nSPS) is 16.3. The largest absolute Gasteiger partial charge is 0.398 e. The van der Waals surface area contributed by atoms with Gasteiger partial charge in [-0.15, -0.1) is 0 Å². The van der Waals surface area contributed by atoms with E-state index in [9.17, 15) is 4.79 Å². The summed E-state index contributed by atoms with van der Waals surface area (Å²) in [6.07, 6.45) is 5.60. The van der Waals surface area contributed by atoms with E-state index in [1.807, 2.05) is 18.0 Å². The van der Waals surface area contributed by atoms with E-state index in [2.05, 4.69) is 4.90 Å². The van der Waals surface area contributed by atoms with Crippen molar-refractivity contribution in [3.8, 4) is 0 Å². The summed E-state index contributed by atoms with van der Waals surface area (Å²) in [6, 6.07) is 5.39. The second-order valence-corrected chi connectivity index (χ2v) is 6.51. The predicted octanol–water partition coefficient (Wildman–Crippen LogP) is 2.80. The van der Waals surface area contributed by atoms with Crippen molar-refractivity contribution in [2.24, 2.45) is 0 Å². The maximum Gasteiger partial charge on any atom is 0.226 e. The zero-order chi connectivity index (χ0) is 15.9. The summed E-state index contributed by atoms with van der Waals surface area (Å²) in [6.45, 7) is 4.07. The number of anilines is 1. The van der Waals surface area contributed by atoms with Crippen LogP contribution in [-0.2, 0) is 11.2 Å². The van der Waals surface area contributed by atoms with Crippen LogP contribution >= 0.6 is 11.6 Å². The molecule has 1 aromatic rings. The van der Waals surface area contributed by atoms with Gasteiger partial charge in [-0.05, 0) is 43.6 Å². The van der Waals surface area contributed by atoms with Gasteiger partial charge in [0, 0.05) is 20.1 Å². The highest BCUT2D eigenvalue weighted by Gasteiger charge is 2.13. The number of carbonyl (C=O) groups excluding carboxylic acids is 1. The van der Waals surface area contributed by atoms with Crippen LogP contribution in [0, 0.1) is 0 Å². The second-order valence-electron chi connectivity index (χ2n) is 6.10. The third kappa shape index (κ3) is 5.18. The van der Waals surface area contributed by atoms with E-state index in [-0.39, 0.29) is 5.91 Å². The van der Waals surface area contributed by atoms with Crippen molar-refractivity contribution in [3.05, 3.63) is 28.8 Å². The highest BCUT2D eigenvalue weighted by Crippen LogP contribution is 2.20. The maximum absolute atomic E-state index is 12.3. The molecule has 1 fully saturated rings. The number of amides is 1. The van der Waals surface area contributed by atoms with Gasteiger partial charge in [-0.25, -0.2) is 0 Å². The number of hydrogen-bond acceptors (Lipinski definition) is 3. The minimum absolute atomic E-state index is 0.122. The van der Waals surface area contributed by atoms with Crippen molar-refractivity contribution in [2.45, 2.75) is 32.1 Å². The molecule has 0 unspecified atom stereocenters. The van der Waals surface area contributed by atoms with E-state index in [1.54, 1.807) is 12.1 Å². The molecule has 0 aliphatic carbocycles. The van der Waals surface area contributed by atoms with Crippen LogP contribution in [0.25, 0.3) is 0 Å². The Labute approximate surface area is 138 Å². The second kappa shape index (κ2) is 8.39. The zero-order valence-corrected chi connectivity index (χ0v) is 14.1. The first-order chi connectivity index (χ1) is 10.6. The lowest BCUT2D eigenvalue weighted by Gasteiger charge is -2.24. The summed E-state index contributed by atoms with van der Waals surface area (Å²) in [7, 11) is 1.87. The Hall–Kier alpha value is -1.26. The predicted molar refractivity (Wildman–Crippen MR) is 92.1 cm³/mol. The van der Waals surface area contributed by atoms with Crippen LogP contribution in [0.5, 0.6) is 0 Å². The molecular formula is C17H26ClN3O. The Bertz CT molecular complexity index is 499. The minimum Gasteiger partial charge on any atom is -0.398 e. The summed E-state index contributed by atoms with van der Waals surface area (Å²) in [5, 5.41) is 0.533. The highest BCUT2D eigenvalue weighted by molar-refractivity contribution is 6.33. The lowest BCUT2D eigenvalue weighted by molar-refractivity contribution is -0.129. The first-order valence-electron chi connectivity index (χ1n) is 8.06.